The molecule has 3 N–H and O–H groups in total. The van der Waals surface area contributed by atoms with Crippen molar-refractivity contribution in [1.82, 2.24) is 4.90 Å². The molecule has 0 aromatic heterocycles. The predicted molar refractivity (Wildman–Crippen MR) is 90.4 cm³/mol. The normalized spacial score (nSPS) is 18.6. The molecule has 0 aliphatic carbocycles. The molecular formula is C16H23N3OS. The molecule has 0 bridgehead atoms. The molecule has 1 amide bonds. The van der Waals surface area contributed by atoms with Gasteiger partial charge in [0.1, 0.15) is 4.99 Å². The summed E-state index contributed by atoms with van der Waals surface area (Å²) in [4.78, 5) is 14.7. The Balaban J connectivity index is 1.84. The van der Waals surface area contributed by atoms with Gasteiger partial charge < -0.3 is 16.0 Å². The van der Waals surface area contributed by atoms with E-state index in [0.717, 1.165) is 25.6 Å². The maximum Gasteiger partial charge on any atom is 0.225 e. The van der Waals surface area contributed by atoms with Crippen LogP contribution in [0.4, 0.5) is 5.69 Å². The first kappa shape index (κ1) is 15.9. The molecule has 1 aliphatic rings. The third kappa shape index (κ3) is 4.51. The number of carbonyl (C=O) groups excluding carboxylic acids is 1. The van der Waals surface area contributed by atoms with Crippen LogP contribution in [0.25, 0.3) is 0 Å². The average Bonchev–Trinajstić information content (AvgIpc) is 2.93. The van der Waals surface area contributed by atoms with Gasteiger partial charge in [0.2, 0.25) is 5.91 Å². The van der Waals surface area contributed by atoms with Crippen LogP contribution in [0.15, 0.2) is 24.3 Å². The van der Waals surface area contributed by atoms with Crippen LogP contribution in [-0.2, 0) is 4.79 Å². The van der Waals surface area contributed by atoms with Crippen molar-refractivity contribution in [3.63, 3.8) is 0 Å². The number of para-hydroxylation sites is 1. The fourth-order valence-corrected chi connectivity index (χ4v) is 2.91. The van der Waals surface area contributed by atoms with Gasteiger partial charge in [0, 0.05) is 25.1 Å². The van der Waals surface area contributed by atoms with Crippen molar-refractivity contribution >= 4 is 28.8 Å². The Morgan fingerprint density at radius 1 is 1.48 bits per heavy atom. The smallest absolute Gasteiger partial charge is 0.225 e. The van der Waals surface area contributed by atoms with E-state index in [4.69, 9.17) is 18.0 Å². The van der Waals surface area contributed by atoms with Gasteiger partial charge in [-0.15, -0.1) is 0 Å². The zero-order chi connectivity index (χ0) is 15.2. The van der Waals surface area contributed by atoms with E-state index >= 15 is 0 Å². The predicted octanol–water partition coefficient (Wildman–Crippen LogP) is 2.38. The number of rotatable bonds is 6. The topological polar surface area (TPSA) is 58.4 Å². The Hall–Kier alpha value is -1.46. The Kier molecular flexibility index (Phi) is 5.70. The summed E-state index contributed by atoms with van der Waals surface area (Å²) >= 11 is 5.00. The van der Waals surface area contributed by atoms with Crippen molar-refractivity contribution in [2.75, 3.05) is 25.0 Å². The third-order valence-corrected chi connectivity index (χ3v) is 4.29. The SMILES string of the molecule is CCC1CCN(CCC(=O)Nc2ccccc2C(N)=S)C1. The number of anilines is 1. The molecule has 1 heterocycles. The molecule has 0 saturated carbocycles. The Labute approximate surface area is 131 Å². The van der Waals surface area contributed by atoms with Crippen LogP contribution >= 0.6 is 12.2 Å². The van der Waals surface area contributed by atoms with E-state index in [1.54, 1.807) is 0 Å². The van der Waals surface area contributed by atoms with Gasteiger partial charge in [0.15, 0.2) is 0 Å². The van der Waals surface area contributed by atoms with E-state index in [0.29, 0.717) is 22.7 Å². The van der Waals surface area contributed by atoms with Crippen LogP contribution in [0.1, 0.15) is 31.7 Å². The lowest BCUT2D eigenvalue weighted by atomic mass is 10.1. The highest BCUT2D eigenvalue weighted by Gasteiger charge is 2.21. The number of amides is 1. The van der Waals surface area contributed by atoms with Crippen molar-refractivity contribution in [1.29, 1.82) is 0 Å². The molecule has 2 rings (SSSR count). The van der Waals surface area contributed by atoms with Gasteiger partial charge in [-0.1, -0.05) is 37.7 Å². The van der Waals surface area contributed by atoms with Crippen LogP contribution in [0, 0.1) is 5.92 Å². The average molecular weight is 305 g/mol. The Bertz CT molecular complexity index is 518. The first-order chi connectivity index (χ1) is 10.1. The number of benzene rings is 1. The zero-order valence-corrected chi connectivity index (χ0v) is 13.3. The minimum atomic E-state index is 0.0126. The van der Waals surface area contributed by atoms with Crippen LogP contribution < -0.4 is 11.1 Å². The summed E-state index contributed by atoms with van der Waals surface area (Å²) in [5, 5.41) is 2.91. The van der Waals surface area contributed by atoms with Crippen molar-refractivity contribution in [3.8, 4) is 0 Å². The molecule has 0 spiro atoms. The minimum absolute atomic E-state index is 0.0126. The van der Waals surface area contributed by atoms with Crippen LogP contribution in [-0.4, -0.2) is 35.4 Å². The molecule has 1 fully saturated rings. The number of hydrogen-bond acceptors (Lipinski definition) is 3. The highest BCUT2D eigenvalue weighted by atomic mass is 32.1. The lowest BCUT2D eigenvalue weighted by molar-refractivity contribution is -0.116. The maximum absolute atomic E-state index is 12.1. The van der Waals surface area contributed by atoms with E-state index in [-0.39, 0.29) is 5.91 Å². The molecule has 1 aromatic rings. The minimum Gasteiger partial charge on any atom is -0.389 e. The molecule has 1 saturated heterocycles. The summed E-state index contributed by atoms with van der Waals surface area (Å²) in [5.74, 6) is 0.807. The summed E-state index contributed by atoms with van der Waals surface area (Å²) in [6, 6.07) is 7.38. The summed E-state index contributed by atoms with van der Waals surface area (Å²) in [6.07, 6.45) is 2.98. The molecule has 21 heavy (non-hydrogen) atoms. The molecule has 1 aromatic carbocycles. The summed E-state index contributed by atoms with van der Waals surface area (Å²) < 4.78 is 0. The van der Waals surface area contributed by atoms with Gasteiger partial charge in [-0.25, -0.2) is 0 Å². The molecule has 1 atom stereocenters. The van der Waals surface area contributed by atoms with Gasteiger partial charge in [0.05, 0.1) is 5.69 Å². The Morgan fingerprint density at radius 2 is 2.24 bits per heavy atom. The third-order valence-electron chi connectivity index (χ3n) is 4.07. The van der Waals surface area contributed by atoms with Crippen LogP contribution in [0.2, 0.25) is 0 Å². The zero-order valence-electron chi connectivity index (χ0n) is 12.5. The highest BCUT2D eigenvalue weighted by Crippen LogP contribution is 2.19. The summed E-state index contributed by atoms with van der Waals surface area (Å²) in [6.45, 7) is 5.27. The molecule has 114 valence electrons. The largest absolute Gasteiger partial charge is 0.389 e. The van der Waals surface area contributed by atoms with Gasteiger partial charge in [-0.3, -0.25) is 4.79 Å². The first-order valence-electron chi connectivity index (χ1n) is 7.51. The molecule has 1 unspecified atom stereocenters. The second-order valence-electron chi connectivity index (χ2n) is 5.57. The van der Waals surface area contributed by atoms with Gasteiger partial charge in [-0.05, 0) is 31.0 Å². The molecule has 4 nitrogen and oxygen atoms in total. The maximum atomic E-state index is 12.1. The molecule has 1 aliphatic heterocycles. The highest BCUT2D eigenvalue weighted by molar-refractivity contribution is 7.80. The van der Waals surface area contributed by atoms with E-state index < -0.39 is 0 Å². The number of hydrogen-bond donors (Lipinski definition) is 2. The van der Waals surface area contributed by atoms with Crippen molar-refractivity contribution in [3.05, 3.63) is 29.8 Å². The van der Waals surface area contributed by atoms with Crippen LogP contribution in [0.5, 0.6) is 0 Å². The van der Waals surface area contributed by atoms with Crippen molar-refractivity contribution in [2.45, 2.75) is 26.2 Å². The summed E-state index contributed by atoms with van der Waals surface area (Å²) in [7, 11) is 0. The molecular weight excluding hydrogens is 282 g/mol. The Morgan fingerprint density at radius 3 is 2.90 bits per heavy atom. The monoisotopic (exact) mass is 305 g/mol. The second-order valence-corrected chi connectivity index (χ2v) is 6.01. The van der Waals surface area contributed by atoms with Gasteiger partial charge >= 0.3 is 0 Å². The fraction of sp³-hybridized carbons (Fsp3) is 0.500. The van der Waals surface area contributed by atoms with E-state index in [2.05, 4.69) is 17.1 Å². The second kappa shape index (κ2) is 7.52. The number of nitrogens with one attached hydrogen (secondary N) is 1. The lowest BCUT2D eigenvalue weighted by Gasteiger charge is -2.16. The number of thiocarbonyl (C=S) groups is 1. The number of nitrogens with zero attached hydrogens (tertiary/aromatic N) is 1. The van der Waals surface area contributed by atoms with Gasteiger partial charge in [0.25, 0.3) is 0 Å². The number of carbonyl (C=O) groups is 1. The number of nitrogens with two attached hydrogens (primary N) is 1. The van der Waals surface area contributed by atoms with E-state index in [9.17, 15) is 4.79 Å². The van der Waals surface area contributed by atoms with E-state index in [1.807, 2.05) is 24.3 Å². The van der Waals surface area contributed by atoms with Crippen LogP contribution in [0.3, 0.4) is 0 Å². The number of likely N-dealkylation sites (tertiary alicyclic amines) is 1. The van der Waals surface area contributed by atoms with Crippen molar-refractivity contribution in [2.24, 2.45) is 11.7 Å². The standard InChI is InChI=1S/C16H23N3OS/c1-2-12-7-9-19(11-12)10-8-15(20)18-14-6-4-3-5-13(14)16(17)21/h3-6,12H,2,7-11H2,1H3,(H2,17,21)(H,18,20). The van der Waals surface area contributed by atoms with Crippen molar-refractivity contribution < 1.29 is 4.79 Å². The van der Waals surface area contributed by atoms with Gasteiger partial charge in [-0.2, -0.15) is 0 Å². The molecule has 0 radical (unpaired) electrons. The first-order valence-corrected chi connectivity index (χ1v) is 7.92. The fourth-order valence-electron chi connectivity index (χ4n) is 2.73. The lowest BCUT2D eigenvalue weighted by Crippen LogP contribution is -2.26. The quantitative estimate of drug-likeness (QED) is 0.792. The summed E-state index contributed by atoms with van der Waals surface area (Å²) in [5.41, 5.74) is 7.08. The molecule has 5 heteroatoms. The van der Waals surface area contributed by atoms with E-state index in [1.165, 1.54) is 12.8 Å².